The highest BCUT2D eigenvalue weighted by atomic mass is 16.2. The van der Waals surface area contributed by atoms with E-state index in [0.717, 1.165) is 37.3 Å². The number of hydrogen-bond donors (Lipinski definition) is 1. The molecule has 18 heavy (non-hydrogen) atoms. The summed E-state index contributed by atoms with van der Waals surface area (Å²) in [7, 11) is 0. The highest BCUT2D eigenvalue weighted by molar-refractivity contribution is 5.99. The molecule has 1 aromatic carbocycles. The van der Waals surface area contributed by atoms with Gasteiger partial charge >= 0.3 is 0 Å². The van der Waals surface area contributed by atoms with E-state index >= 15 is 0 Å². The molecule has 0 unspecified atom stereocenters. The van der Waals surface area contributed by atoms with E-state index in [9.17, 15) is 4.79 Å². The minimum absolute atomic E-state index is 0.121. The molecule has 3 nitrogen and oxygen atoms in total. The minimum Gasteiger partial charge on any atom is -0.385 e. The van der Waals surface area contributed by atoms with E-state index in [4.69, 9.17) is 0 Å². The second kappa shape index (κ2) is 5.71. The molecule has 0 aliphatic carbocycles. The third-order valence-electron chi connectivity index (χ3n) is 3.25. The van der Waals surface area contributed by atoms with Gasteiger partial charge in [-0.2, -0.15) is 0 Å². The van der Waals surface area contributed by atoms with Crippen LogP contribution in [0.2, 0.25) is 0 Å². The fourth-order valence-electron chi connectivity index (χ4n) is 2.14. The predicted octanol–water partition coefficient (Wildman–Crippen LogP) is 2.91. The Morgan fingerprint density at radius 2 is 2.17 bits per heavy atom. The molecule has 2 rings (SSSR count). The average Bonchev–Trinajstić information content (AvgIpc) is 2.40. The average molecular weight is 244 g/mol. The van der Waals surface area contributed by atoms with E-state index < -0.39 is 0 Å². The zero-order valence-corrected chi connectivity index (χ0v) is 11.1. The summed E-state index contributed by atoms with van der Waals surface area (Å²) in [5.41, 5.74) is 3.07. The van der Waals surface area contributed by atoms with Crippen molar-refractivity contribution >= 4 is 11.6 Å². The van der Waals surface area contributed by atoms with E-state index in [2.05, 4.69) is 18.3 Å². The van der Waals surface area contributed by atoms with Crippen molar-refractivity contribution in [3.05, 3.63) is 41.5 Å². The van der Waals surface area contributed by atoms with Gasteiger partial charge in [-0.25, -0.2) is 0 Å². The zero-order valence-electron chi connectivity index (χ0n) is 11.1. The van der Waals surface area contributed by atoms with Crippen LogP contribution in [-0.4, -0.2) is 30.4 Å². The van der Waals surface area contributed by atoms with Crippen LogP contribution in [0.25, 0.3) is 0 Å². The maximum Gasteiger partial charge on any atom is 0.256 e. The third kappa shape index (κ3) is 2.73. The van der Waals surface area contributed by atoms with Gasteiger partial charge in [-0.1, -0.05) is 23.8 Å². The first kappa shape index (κ1) is 12.7. The van der Waals surface area contributed by atoms with Gasteiger partial charge in [0.15, 0.2) is 0 Å². The summed E-state index contributed by atoms with van der Waals surface area (Å²) in [4.78, 5) is 14.4. The maximum atomic E-state index is 12.5. The van der Waals surface area contributed by atoms with Gasteiger partial charge in [-0.15, -0.1) is 0 Å². The first-order chi connectivity index (χ1) is 8.72. The van der Waals surface area contributed by atoms with Gasteiger partial charge in [0.05, 0.1) is 5.56 Å². The number of carbonyl (C=O) groups is 1. The van der Waals surface area contributed by atoms with Crippen molar-refractivity contribution in [1.29, 1.82) is 0 Å². The summed E-state index contributed by atoms with van der Waals surface area (Å²) < 4.78 is 0. The number of carbonyl (C=O) groups excluding carboxylic acids is 1. The monoisotopic (exact) mass is 244 g/mol. The molecule has 0 fully saturated rings. The number of amides is 1. The number of nitrogens with one attached hydrogen (secondary N) is 1. The topological polar surface area (TPSA) is 32.3 Å². The molecule has 1 aromatic rings. The van der Waals surface area contributed by atoms with Gasteiger partial charge in [-0.05, 0) is 32.4 Å². The minimum atomic E-state index is 0.121. The van der Waals surface area contributed by atoms with Crippen LogP contribution in [0.4, 0.5) is 5.69 Å². The first-order valence-corrected chi connectivity index (χ1v) is 6.50. The molecule has 0 aromatic heterocycles. The van der Waals surface area contributed by atoms with E-state index in [1.165, 1.54) is 5.57 Å². The van der Waals surface area contributed by atoms with Crippen molar-refractivity contribution in [1.82, 2.24) is 4.90 Å². The number of benzene rings is 1. The predicted molar refractivity (Wildman–Crippen MR) is 74.9 cm³/mol. The van der Waals surface area contributed by atoms with Crippen LogP contribution in [0.5, 0.6) is 0 Å². The quantitative estimate of drug-likeness (QED) is 0.829. The Balaban J connectivity index is 2.18. The van der Waals surface area contributed by atoms with Crippen molar-refractivity contribution in [3.8, 4) is 0 Å². The molecule has 1 aliphatic heterocycles. The van der Waals surface area contributed by atoms with Crippen molar-refractivity contribution in [2.45, 2.75) is 20.3 Å². The zero-order chi connectivity index (χ0) is 13.0. The molecule has 3 heteroatoms. The molecular weight excluding hydrogens is 224 g/mol. The van der Waals surface area contributed by atoms with E-state index in [0.29, 0.717) is 0 Å². The van der Waals surface area contributed by atoms with Gasteiger partial charge in [0.2, 0.25) is 0 Å². The van der Waals surface area contributed by atoms with Crippen LogP contribution < -0.4 is 5.32 Å². The Bertz CT molecular complexity index is 465. The number of para-hydroxylation sites is 1. The molecule has 0 radical (unpaired) electrons. The fraction of sp³-hybridized carbons (Fsp3) is 0.400. The van der Waals surface area contributed by atoms with Crippen molar-refractivity contribution in [2.75, 3.05) is 25.0 Å². The Labute approximate surface area is 108 Å². The van der Waals surface area contributed by atoms with Gasteiger partial charge < -0.3 is 10.2 Å². The summed E-state index contributed by atoms with van der Waals surface area (Å²) in [6.07, 6.45) is 3.12. The Morgan fingerprint density at radius 3 is 2.83 bits per heavy atom. The molecule has 0 saturated carbocycles. The lowest BCUT2D eigenvalue weighted by Crippen LogP contribution is -2.35. The Kier molecular flexibility index (Phi) is 4.03. The summed E-state index contributed by atoms with van der Waals surface area (Å²) >= 11 is 0. The summed E-state index contributed by atoms with van der Waals surface area (Å²) in [5.74, 6) is 0.121. The SMILES string of the molecule is CCNc1ccccc1C(=O)N1CC=C(C)CC1. The number of nitrogens with zero attached hydrogens (tertiary/aromatic N) is 1. The molecule has 0 atom stereocenters. The molecule has 0 saturated heterocycles. The maximum absolute atomic E-state index is 12.5. The molecule has 0 spiro atoms. The second-order valence-electron chi connectivity index (χ2n) is 4.63. The lowest BCUT2D eigenvalue weighted by atomic mass is 10.1. The van der Waals surface area contributed by atoms with Crippen LogP contribution in [0.15, 0.2) is 35.9 Å². The van der Waals surface area contributed by atoms with Crippen molar-refractivity contribution in [2.24, 2.45) is 0 Å². The number of hydrogen-bond acceptors (Lipinski definition) is 2. The lowest BCUT2D eigenvalue weighted by Gasteiger charge is -2.26. The van der Waals surface area contributed by atoms with Crippen molar-refractivity contribution in [3.63, 3.8) is 0 Å². The highest BCUT2D eigenvalue weighted by Crippen LogP contribution is 2.19. The standard InChI is InChI=1S/C15H20N2O/c1-3-16-14-7-5-4-6-13(14)15(18)17-10-8-12(2)9-11-17/h4-8,16H,3,9-11H2,1-2H3. The van der Waals surface area contributed by atoms with Gasteiger partial charge in [0.25, 0.3) is 5.91 Å². The smallest absolute Gasteiger partial charge is 0.256 e. The van der Waals surface area contributed by atoms with E-state index in [1.54, 1.807) is 0 Å². The van der Waals surface area contributed by atoms with Gasteiger partial charge in [0.1, 0.15) is 0 Å². The van der Waals surface area contributed by atoms with Crippen LogP contribution in [0, 0.1) is 0 Å². The lowest BCUT2D eigenvalue weighted by molar-refractivity contribution is 0.0770. The molecule has 1 heterocycles. The molecule has 0 bridgehead atoms. The summed E-state index contributed by atoms with van der Waals surface area (Å²) in [6, 6.07) is 7.72. The molecule has 1 amide bonds. The third-order valence-corrected chi connectivity index (χ3v) is 3.25. The molecule has 1 N–H and O–H groups in total. The summed E-state index contributed by atoms with van der Waals surface area (Å²) in [5, 5.41) is 3.24. The molecule has 1 aliphatic rings. The van der Waals surface area contributed by atoms with Crippen LogP contribution in [0.1, 0.15) is 30.6 Å². The van der Waals surface area contributed by atoms with Crippen LogP contribution in [-0.2, 0) is 0 Å². The van der Waals surface area contributed by atoms with Crippen LogP contribution in [0.3, 0.4) is 0 Å². The van der Waals surface area contributed by atoms with Crippen molar-refractivity contribution < 1.29 is 4.79 Å². The van der Waals surface area contributed by atoms with E-state index in [-0.39, 0.29) is 5.91 Å². The molecule has 96 valence electrons. The fourth-order valence-corrected chi connectivity index (χ4v) is 2.14. The van der Waals surface area contributed by atoms with Crippen LogP contribution >= 0.6 is 0 Å². The molecular formula is C15H20N2O. The van der Waals surface area contributed by atoms with Gasteiger partial charge in [-0.3, -0.25) is 4.79 Å². The largest absolute Gasteiger partial charge is 0.385 e. The van der Waals surface area contributed by atoms with E-state index in [1.807, 2.05) is 36.1 Å². The highest BCUT2D eigenvalue weighted by Gasteiger charge is 2.19. The first-order valence-electron chi connectivity index (χ1n) is 6.50. The number of rotatable bonds is 3. The number of anilines is 1. The summed E-state index contributed by atoms with van der Waals surface area (Å²) in [6.45, 7) is 6.53. The Morgan fingerprint density at radius 1 is 1.39 bits per heavy atom. The Hall–Kier alpha value is -1.77. The van der Waals surface area contributed by atoms with Gasteiger partial charge in [0, 0.05) is 25.3 Å². The normalized spacial score (nSPS) is 15.2. The second-order valence-corrected chi connectivity index (χ2v) is 4.63.